The number of aliphatic hydroxyl groups excluding tert-OH is 1. The normalized spacial score (nSPS) is 12.1. The largest absolute Gasteiger partial charge is 0.392 e. The highest BCUT2D eigenvalue weighted by Gasteiger charge is 2.18. The molecule has 3 heterocycles. The molecular weight excluding hydrogens is 461 g/mol. The molecular formula is C27H24FN5OS. The van der Waals surface area contributed by atoms with Gasteiger partial charge in [0.25, 0.3) is 0 Å². The summed E-state index contributed by atoms with van der Waals surface area (Å²) in [7, 11) is 0. The number of nitrogens with two attached hydrogens (primary N) is 1. The van der Waals surface area contributed by atoms with Crippen molar-refractivity contribution in [1.29, 1.82) is 0 Å². The van der Waals surface area contributed by atoms with Crippen LogP contribution in [-0.2, 0) is 13.0 Å². The molecule has 0 amide bonds. The van der Waals surface area contributed by atoms with Crippen LogP contribution >= 0.6 is 11.3 Å². The molecule has 6 nitrogen and oxygen atoms in total. The van der Waals surface area contributed by atoms with Crippen molar-refractivity contribution in [2.24, 2.45) is 5.73 Å². The number of thiophene rings is 1. The Hall–Kier alpha value is -3.72. The van der Waals surface area contributed by atoms with Crippen LogP contribution in [0.15, 0.2) is 78.4 Å². The summed E-state index contributed by atoms with van der Waals surface area (Å²) in [5.74, 6) is 0.395. The first-order chi connectivity index (χ1) is 17.1. The van der Waals surface area contributed by atoms with E-state index >= 15 is 0 Å². The molecule has 1 atom stereocenters. The molecule has 5 aromatic rings. The second kappa shape index (κ2) is 10.3. The molecule has 0 aliphatic heterocycles. The van der Waals surface area contributed by atoms with Crippen LogP contribution in [0.25, 0.3) is 32.7 Å². The van der Waals surface area contributed by atoms with Crippen molar-refractivity contribution in [3.05, 3.63) is 95.4 Å². The quantitative estimate of drug-likeness (QED) is 0.285. The fraction of sp³-hybridized carbons (Fsp3) is 0.148. The number of rotatable bonds is 8. The SMILES string of the molecule is NC(CNc1nc(-c2ccncc2F)nc2c(-c3cccc(CO)c3)csc12)Cc1ccccc1. The average Bonchev–Trinajstić information content (AvgIpc) is 3.32. The second-order valence-corrected chi connectivity index (χ2v) is 9.15. The Morgan fingerprint density at radius 2 is 1.83 bits per heavy atom. The van der Waals surface area contributed by atoms with Gasteiger partial charge in [0, 0.05) is 29.7 Å². The molecule has 0 spiro atoms. The van der Waals surface area contributed by atoms with Crippen molar-refractivity contribution >= 4 is 27.4 Å². The van der Waals surface area contributed by atoms with Crippen LogP contribution < -0.4 is 11.1 Å². The Balaban J connectivity index is 1.54. The molecule has 3 aromatic heterocycles. The summed E-state index contributed by atoms with van der Waals surface area (Å²) in [6.45, 7) is 0.441. The van der Waals surface area contributed by atoms with Crippen molar-refractivity contribution < 1.29 is 9.50 Å². The molecule has 8 heteroatoms. The van der Waals surface area contributed by atoms with Crippen molar-refractivity contribution in [3.63, 3.8) is 0 Å². The highest BCUT2D eigenvalue weighted by Crippen LogP contribution is 2.38. The van der Waals surface area contributed by atoms with E-state index < -0.39 is 5.82 Å². The van der Waals surface area contributed by atoms with E-state index in [4.69, 9.17) is 10.7 Å². The third-order valence-electron chi connectivity index (χ3n) is 5.72. The van der Waals surface area contributed by atoms with Gasteiger partial charge in [0.05, 0.1) is 28.6 Å². The van der Waals surface area contributed by atoms with Gasteiger partial charge in [-0.2, -0.15) is 0 Å². The predicted octanol–water partition coefficient (Wildman–Crippen LogP) is 5.03. The van der Waals surface area contributed by atoms with Gasteiger partial charge in [0.2, 0.25) is 0 Å². The lowest BCUT2D eigenvalue weighted by Crippen LogP contribution is -2.31. The molecule has 0 saturated heterocycles. The molecule has 5 rings (SSSR count). The van der Waals surface area contributed by atoms with Crippen LogP contribution in [0.3, 0.4) is 0 Å². The number of nitrogens with one attached hydrogen (secondary N) is 1. The maximum absolute atomic E-state index is 14.6. The Kier molecular flexibility index (Phi) is 6.76. The molecule has 4 N–H and O–H groups in total. The molecule has 0 aliphatic rings. The van der Waals surface area contributed by atoms with Crippen LogP contribution in [0.2, 0.25) is 0 Å². The van der Waals surface area contributed by atoms with Gasteiger partial charge in [-0.25, -0.2) is 14.4 Å². The monoisotopic (exact) mass is 485 g/mol. The molecule has 0 radical (unpaired) electrons. The number of aromatic nitrogens is 3. The molecule has 1 unspecified atom stereocenters. The first kappa shape index (κ1) is 23.0. The van der Waals surface area contributed by atoms with Crippen molar-refractivity contribution in [2.45, 2.75) is 19.1 Å². The zero-order valence-electron chi connectivity index (χ0n) is 18.9. The lowest BCUT2D eigenvalue weighted by atomic mass is 10.0. The molecule has 0 aliphatic carbocycles. The van der Waals surface area contributed by atoms with Crippen LogP contribution in [0, 0.1) is 5.82 Å². The van der Waals surface area contributed by atoms with Crippen LogP contribution in [-0.4, -0.2) is 32.6 Å². The number of halogens is 1. The van der Waals surface area contributed by atoms with E-state index in [2.05, 4.69) is 27.4 Å². The number of pyridine rings is 1. The lowest BCUT2D eigenvalue weighted by molar-refractivity contribution is 0.282. The number of benzene rings is 2. The number of anilines is 1. The van der Waals surface area contributed by atoms with Gasteiger partial charge < -0.3 is 16.2 Å². The third-order valence-corrected chi connectivity index (χ3v) is 6.70. The Morgan fingerprint density at radius 3 is 2.63 bits per heavy atom. The highest BCUT2D eigenvalue weighted by atomic mass is 32.1. The second-order valence-electron chi connectivity index (χ2n) is 8.27. The topological polar surface area (TPSA) is 97.0 Å². The van der Waals surface area contributed by atoms with Crippen molar-refractivity contribution in [1.82, 2.24) is 15.0 Å². The van der Waals surface area contributed by atoms with Gasteiger partial charge in [-0.05, 0) is 35.2 Å². The van der Waals surface area contributed by atoms with Crippen LogP contribution in [0.4, 0.5) is 10.2 Å². The summed E-state index contributed by atoms with van der Waals surface area (Å²) >= 11 is 1.52. The van der Waals surface area contributed by atoms with Crippen LogP contribution in [0.1, 0.15) is 11.1 Å². The average molecular weight is 486 g/mol. The predicted molar refractivity (Wildman–Crippen MR) is 139 cm³/mol. The Labute approximate surface area is 206 Å². The maximum atomic E-state index is 14.6. The smallest absolute Gasteiger partial charge is 0.165 e. The lowest BCUT2D eigenvalue weighted by Gasteiger charge is -2.15. The number of hydrogen-bond acceptors (Lipinski definition) is 7. The molecule has 35 heavy (non-hydrogen) atoms. The molecule has 0 bridgehead atoms. The zero-order valence-corrected chi connectivity index (χ0v) is 19.7. The third kappa shape index (κ3) is 5.05. The van der Waals surface area contributed by atoms with E-state index in [9.17, 15) is 9.50 Å². The minimum Gasteiger partial charge on any atom is -0.392 e. The minimum atomic E-state index is -0.488. The summed E-state index contributed by atoms with van der Waals surface area (Å²) in [6, 6.07) is 19.2. The number of aliphatic hydroxyl groups is 1. The highest BCUT2D eigenvalue weighted by molar-refractivity contribution is 7.18. The number of nitrogens with zero attached hydrogens (tertiary/aromatic N) is 3. The zero-order chi connectivity index (χ0) is 24.2. The number of hydrogen-bond donors (Lipinski definition) is 3. The first-order valence-electron chi connectivity index (χ1n) is 11.2. The van der Waals surface area contributed by atoms with Crippen LogP contribution in [0.5, 0.6) is 0 Å². The molecule has 176 valence electrons. The summed E-state index contributed by atoms with van der Waals surface area (Å²) in [6.07, 6.45) is 3.40. The van der Waals surface area contributed by atoms with Gasteiger partial charge >= 0.3 is 0 Å². The van der Waals surface area contributed by atoms with E-state index in [-0.39, 0.29) is 24.0 Å². The van der Waals surface area contributed by atoms with E-state index in [0.29, 0.717) is 17.9 Å². The van der Waals surface area contributed by atoms with Crippen molar-refractivity contribution in [3.8, 4) is 22.5 Å². The summed E-state index contributed by atoms with van der Waals surface area (Å²) < 4.78 is 15.5. The van der Waals surface area contributed by atoms with E-state index in [1.54, 1.807) is 6.07 Å². The summed E-state index contributed by atoms with van der Waals surface area (Å²) in [5, 5.41) is 15.0. The van der Waals surface area contributed by atoms with Gasteiger partial charge in [-0.1, -0.05) is 48.5 Å². The standard InChI is InChI=1S/C27H24FN5OS/c28-23-14-30-10-9-21(23)26-32-24-22(19-8-4-7-18(11-19)15-34)16-35-25(24)27(33-26)31-13-20(29)12-17-5-2-1-3-6-17/h1-11,14,16,20,34H,12-13,15,29H2,(H,31,32,33). The molecule has 0 saturated carbocycles. The Morgan fingerprint density at radius 1 is 1.00 bits per heavy atom. The van der Waals surface area contributed by atoms with Gasteiger partial charge in [-0.15, -0.1) is 11.3 Å². The van der Waals surface area contributed by atoms with Gasteiger partial charge in [0.1, 0.15) is 5.82 Å². The fourth-order valence-corrected chi connectivity index (χ4v) is 4.95. The maximum Gasteiger partial charge on any atom is 0.165 e. The molecule has 2 aromatic carbocycles. The van der Waals surface area contributed by atoms with E-state index in [1.807, 2.05) is 47.8 Å². The molecule has 0 fully saturated rings. The van der Waals surface area contributed by atoms with E-state index in [1.165, 1.54) is 17.5 Å². The minimum absolute atomic E-state index is 0.0511. The van der Waals surface area contributed by atoms with Gasteiger partial charge in [-0.3, -0.25) is 4.98 Å². The summed E-state index contributed by atoms with van der Waals surface area (Å²) in [5.41, 5.74) is 11.2. The fourth-order valence-electron chi connectivity index (χ4n) is 3.97. The van der Waals surface area contributed by atoms with E-state index in [0.717, 1.165) is 39.6 Å². The van der Waals surface area contributed by atoms with Crippen molar-refractivity contribution in [2.75, 3.05) is 11.9 Å². The Bertz CT molecular complexity index is 1460. The first-order valence-corrected chi connectivity index (χ1v) is 12.1. The summed E-state index contributed by atoms with van der Waals surface area (Å²) in [4.78, 5) is 13.3. The number of fused-ring (bicyclic) bond motifs is 1. The van der Waals surface area contributed by atoms with Gasteiger partial charge in [0.15, 0.2) is 11.6 Å².